The SMILES string of the molecule is NCCOCC(=O)NCc1ccccc1CC(=O)O. The number of benzene rings is 1. The van der Waals surface area contributed by atoms with Crippen LogP contribution in [0, 0.1) is 0 Å². The molecule has 0 bridgehead atoms. The zero-order chi connectivity index (χ0) is 14.1. The van der Waals surface area contributed by atoms with Gasteiger partial charge in [0, 0.05) is 13.1 Å². The predicted molar refractivity (Wildman–Crippen MR) is 69.5 cm³/mol. The number of nitrogens with two attached hydrogens (primary N) is 1. The highest BCUT2D eigenvalue weighted by atomic mass is 16.5. The Bertz CT molecular complexity index is 434. The molecule has 0 aliphatic carbocycles. The number of carboxylic acids is 1. The summed E-state index contributed by atoms with van der Waals surface area (Å²) in [5.74, 6) is -1.15. The molecule has 1 amide bonds. The van der Waals surface area contributed by atoms with E-state index in [0.29, 0.717) is 18.7 Å². The molecular formula is C13H18N2O4. The minimum atomic E-state index is -0.898. The van der Waals surface area contributed by atoms with Gasteiger partial charge in [0.2, 0.25) is 5.91 Å². The van der Waals surface area contributed by atoms with Gasteiger partial charge in [0.15, 0.2) is 0 Å². The molecule has 6 nitrogen and oxygen atoms in total. The Morgan fingerprint density at radius 1 is 1.26 bits per heavy atom. The zero-order valence-electron chi connectivity index (χ0n) is 10.6. The maximum atomic E-state index is 11.4. The first kappa shape index (κ1) is 15.1. The summed E-state index contributed by atoms with van der Waals surface area (Å²) < 4.78 is 5.00. The fourth-order valence-corrected chi connectivity index (χ4v) is 1.56. The number of nitrogens with one attached hydrogen (secondary N) is 1. The second-order valence-electron chi connectivity index (χ2n) is 3.96. The van der Waals surface area contributed by atoms with Gasteiger partial charge >= 0.3 is 5.97 Å². The van der Waals surface area contributed by atoms with Crippen LogP contribution in [0.25, 0.3) is 0 Å². The minimum absolute atomic E-state index is 0.0434. The summed E-state index contributed by atoms with van der Waals surface area (Å²) >= 11 is 0. The Morgan fingerprint density at radius 2 is 1.95 bits per heavy atom. The van der Waals surface area contributed by atoms with E-state index in [1.54, 1.807) is 24.3 Å². The molecule has 0 aromatic heterocycles. The van der Waals surface area contributed by atoms with Crippen molar-refractivity contribution in [2.45, 2.75) is 13.0 Å². The molecule has 0 heterocycles. The van der Waals surface area contributed by atoms with Crippen molar-refractivity contribution in [3.05, 3.63) is 35.4 Å². The Morgan fingerprint density at radius 3 is 2.58 bits per heavy atom. The van der Waals surface area contributed by atoms with Gasteiger partial charge in [0.25, 0.3) is 0 Å². The molecule has 0 saturated heterocycles. The summed E-state index contributed by atoms with van der Waals surface area (Å²) in [6, 6.07) is 7.10. The number of aliphatic carboxylic acids is 1. The quantitative estimate of drug-likeness (QED) is 0.571. The molecule has 4 N–H and O–H groups in total. The van der Waals surface area contributed by atoms with Crippen molar-refractivity contribution in [1.29, 1.82) is 0 Å². The zero-order valence-corrected chi connectivity index (χ0v) is 10.6. The van der Waals surface area contributed by atoms with Gasteiger partial charge in [-0.1, -0.05) is 24.3 Å². The molecule has 0 radical (unpaired) electrons. The number of hydrogen-bond acceptors (Lipinski definition) is 4. The average molecular weight is 266 g/mol. The summed E-state index contributed by atoms with van der Waals surface area (Å²) in [6.07, 6.45) is -0.0598. The Kier molecular flexibility index (Phi) is 6.56. The molecule has 1 aromatic rings. The van der Waals surface area contributed by atoms with Crippen LogP contribution in [-0.2, 0) is 27.3 Å². The maximum Gasteiger partial charge on any atom is 0.307 e. The van der Waals surface area contributed by atoms with Gasteiger partial charge in [0.1, 0.15) is 6.61 Å². The molecule has 19 heavy (non-hydrogen) atoms. The van der Waals surface area contributed by atoms with E-state index >= 15 is 0 Å². The van der Waals surface area contributed by atoms with E-state index in [2.05, 4.69) is 5.32 Å². The van der Waals surface area contributed by atoms with E-state index in [0.717, 1.165) is 5.56 Å². The van der Waals surface area contributed by atoms with Gasteiger partial charge in [-0.25, -0.2) is 0 Å². The van der Waals surface area contributed by atoms with Crippen LogP contribution >= 0.6 is 0 Å². The number of carbonyl (C=O) groups is 2. The first-order valence-corrected chi connectivity index (χ1v) is 5.96. The van der Waals surface area contributed by atoms with E-state index in [1.807, 2.05) is 0 Å². The Labute approximate surface area is 111 Å². The fourth-order valence-electron chi connectivity index (χ4n) is 1.56. The van der Waals surface area contributed by atoms with Crippen LogP contribution < -0.4 is 11.1 Å². The van der Waals surface area contributed by atoms with Crippen molar-refractivity contribution < 1.29 is 19.4 Å². The van der Waals surface area contributed by atoms with Crippen LogP contribution in [0.2, 0.25) is 0 Å². The first-order valence-electron chi connectivity index (χ1n) is 5.96. The lowest BCUT2D eigenvalue weighted by Gasteiger charge is -2.09. The summed E-state index contributed by atoms with van der Waals surface area (Å²) in [4.78, 5) is 22.1. The Hall–Kier alpha value is -1.92. The molecule has 0 unspecified atom stereocenters. The lowest BCUT2D eigenvalue weighted by molar-refractivity contribution is -0.136. The van der Waals surface area contributed by atoms with Crippen molar-refractivity contribution >= 4 is 11.9 Å². The van der Waals surface area contributed by atoms with Crippen molar-refractivity contribution in [3.8, 4) is 0 Å². The van der Waals surface area contributed by atoms with Crippen LogP contribution in [0.4, 0.5) is 0 Å². The van der Waals surface area contributed by atoms with Gasteiger partial charge in [0.05, 0.1) is 13.0 Å². The number of amides is 1. The van der Waals surface area contributed by atoms with Crippen LogP contribution in [0.15, 0.2) is 24.3 Å². The fraction of sp³-hybridized carbons (Fsp3) is 0.385. The molecule has 1 aromatic carbocycles. The number of rotatable bonds is 8. The summed E-state index contributed by atoms with van der Waals surface area (Å²) in [5, 5.41) is 11.5. The van der Waals surface area contributed by atoms with Crippen molar-refractivity contribution in [1.82, 2.24) is 5.32 Å². The molecule has 1 rings (SSSR count). The molecule has 0 atom stereocenters. The molecule has 0 spiro atoms. The van der Waals surface area contributed by atoms with E-state index < -0.39 is 5.97 Å². The summed E-state index contributed by atoms with van der Waals surface area (Å²) in [6.45, 7) is 0.949. The molecule has 0 aliphatic heterocycles. The minimum Gasteiger partial charge on any atom is -0.481 e. The van der Waals surface area contributed by atoms with Crippen molar-refractivity contribution in [3.63, 3.8) is 0 Å². The number of ether oxygens (including phenoxy) is 1. The largest absolute Gasteiger partial charge is 0.481 e. The lowest BCUT2D eigenvalue weighted by atomic mass is 10.0. The molecule has 0 fully saturated rings. The average Bonchev–Trinajstić information content (AvgIpc) is 2.37. The highest BCUT2D eigenvalue weighted by Crippen LogP contribution is 2.09. The third kappa shape index (κ3) is 5.98. The van der Waals surface area contributed by atoms with Gasteiger partial charge in [-0.05, 0) is 11.1 Å². The summed E-state index contributed by atoms with van der Waals surface area (Å²) in [7, 11) is 0. The molecular weight excluding hydrogens is 248 g/mol. The normalized spacial score (nSPS) is 10.2. The first-order chi connectivity index (χ1) is 9.13. The number of carbonyl (C=O) groups excluding carboxylic acids is 1. The third-order valence-electron chi connectivity index (χ3n) is 2.43. The number of hydrogen-bond donors (Lipinski definition) is 3. The molecule has 0 aliphatic rings. The smallest absolute Gasteiger partial charge is 0.307 e. The standard InChI is InChI=1S/C13H18N2O4/c14-5-6-19-9-12(16)15-8-11-4-2-1-3-10(11)7-13(17)18/h1-4H,5-9,14H2,(H,15,16)(H,17,18). The van der Waals surface area contributed by atoms with Gasteiger partial charge < -0.3 is 20.9 Å². The molecule has 104 valence electrons. The highest BCUT2D eigenvalue weighted by Gasteiger charge is 2.07. The van der Waals surface area contributed by atoms with Crippen LogP contribution in [0.5, 0.6) is 0 Å². The predicted octanol–water partition coefficient (Wildman–Crippen LogP) is -0.0948. The Balaban J connectivity index is 2.48. The maximum absolute atomic E-state index is 11.4. The van der Waals surface area contributed by atoms with Gasteiger partial charge in [-0.2, -0.15) is 0 Å². The highest BCUT2D eigenvalue weighted by molar-refractivity contribution is 5.77. The van der Waals surface area contributed by atoms with Crippen molar-refractivity contribution in [2.75, 3.05) is 19.8 Å². The topological polar surface area (TPSA) is 102 Å². The van der Waals surface area contributed by atoms with E-state index in [4.69, 9.17) is 15.6 Å². The van der Waals surface area contributed by atoms with Gasteiger partial charge in [-0.15, -0.1) is 0 Å². The molecule has 6 heteroatoms. The molecule has 0 saturated carbocycles. The number of carboxylic acid groups (broad SMARTS) is 1. The monoisotopic (exact) mass is 266 g/mol. The lowest BCUT2D eigenvalue weighted by Crippen LogP contribution is -2.28. The third-order valence-corrected chi connectivity index (χ3v) is 2.43. The van der Waals surface area contributed by atoms with Crippen LogP contribution in [-0.4, -0.2) is 36.7 Å². The second-order valence-corrected chi connectivity index (χ2v) is 3.96. The van der Waals surface area contributed by atoms with Crippen molar-refractivity contribution in [2.24, 2.45) is 5.73 Å². The van der Waals surface area contributed by atoms with E-state index in [1.165, 1.54) is 0 Å². The summed E-state index contributed by atoms with van der Waals surface area (Å²) in [5.41, 5.74) is 6.72. The van der Waals surface area contributed by atoms with E-state index in [-0.39, 0.29) is 25.5 Å². The van der Waals surface area contributed by atoms with Crippen LogP contribution in [0.3, 0.4) is 0 Å². The van der Waals surface area contributed by atoms with Crippen LogP contribution in [0.1, 0.15) is 11.1 Å². The van der Waals surface area contributed by atoms with Gasteiger partial charge in [-0.3, -0.25) is 9.59 Å². The van der Waals surface area contributed by atoms with E-state index in [9.17, 15) is 9.59 Å². The second kappa shape index (κ2) is 8.23.